The molecule has 1 heterocycles. The highest BCUT2D eigenvalue weighted by atomic mass is 79.9. The summed E-state index contributed by atoms with van der Waals surface area (Å²) in [5.41, 5.74) is 4.54. The highest BCUT2D eigenvalue weighted by molar-refractivity contribution is 9.10. The minimum Gasteiger partial charge on any atom is -0.379 e. The summed E-state index contributed by atoms with van der Waals surface area (Å²) >= 11 is 2.92. The normalized spacial score (nSPS) is 23.1. The highest BCUT2D eigenvalue weighted by Crippen LogP contribution is 2.25. The van der Waals surface area contributed by atoms with Gasteiger partial charge in [0.05, 0.1) is 16.8 Å². The molecule has 18 heavy (non-hydrogen) atoms. The summed E-state index contributed by atoms with van der Waals surface area (Å²) in [5.74, 6) is -2.14. The third kappa shape index (κ3) is 2.52. The predicted octanol–water partition coefficient (Wildman–Crippen LogP) is 1.78. The molecule has 1 atom stereocenters. The second-order valence-electron chi connectivity index (χ2n) is 4.16. The molecule has 1 unspecified atom stereocenters. The fraction of sp³-hybridized carbons (Fsp3) is 0.364. The maximum atomic E-state index is 13.5. The van der Waals surface area contributed by atoms with Gasteiger partial charge in [-0.3, -0.25) is 4.79 Å². The van der Waals surface area contributed by atoms with Gasteiger partial charge in [0.1, 0.15) is 17.2 Å². The van der Waals surface area contributed by atoms with Crippen LogP contribution in [-0.4, -0.2) is 24.7 Å². The smallest absolute Gasteiger partial charge is 0.247 e. The molecule has 98 valence electrons. The van der Waals surface area contributed by atoms with Crippen LogP contribution in [0.5, 0.6) is 0 Å². The van der Waals surface area contributed by atoms with E-state index in [1.54, 1.807) is 0 Å². The van der Waals surface area contributed by atoms with Crippen LogP contribution in [0.2, 0.25) is 0 Å². The Morgan fingerprint density at radius 1 is 1.44 bits per heavy atom. The van der Waals surface area contributed by atoms with Gasteiger partial charge in [-0.2, -0.15) is 0 Å². The lowest BCUT2D eigenvalue weighted by molar-refractivity contribution is -0.121. The van der Waals surface area contributed by atoms with Crippen LogP contribution in [0, 0.1) is 11.6 Å². The first kappa shape index (κ1) is 13.4. The number of nitrogens with two attached hydrogens (primary N) is 1. The summed E-state index contributed by atoms with van der Waals surface area (Å²) < 4.78 is 31.6. The second kappa shape index (κ2) is 4.91. The Hall–Kier alpha value is -1.05. The third-order valence-electron chi connectivity index (χ3n) is 2.76. The first-order valence-electron chi connectivity index (χ1n) is 5.25. The molecule has 0 radical (unpaired) electrons. The van der Waals surface area contributed by atoms with E-state index < -0.39 is 23.1 Å². The Balaban J connectivity index is 2.19. The average Bonchev–Trinajstić information content (AvgIpc) is 2.74. The van der Waals surface area contributed by atoms with Crippen molar-refractivity contribution in [1.82, 2.24) is 0 Å². The van der Waals surface area contributed by atoms with Crippen molar-refractivity contribution < 1.29 is 18.3 Å². The Labute approximate surface area is 111 Å². The maximum absolute atomic E-state index is 13.5. The molecule has 2 rings (SSSR count). The van der Waals surface area contributed by atoms with Crippen LogP contribution >= 0.6 is 15.9 Å². The summed E-state index contributed by atoms with van der Waals surface area (Å²) in [6.07, 6.45) is 0.364. The van der Waals surface area contributed by atoms with Crippen LogP contribution in [0.4, 0.5) is 14.5 Å². The van der Waals surface area contributed by atoms with Gasteiger partial charge >= 0.3 is 0 Å². The molecule has 1 aromatic carbocycles. The van der Waals surface area contributed by atoms with Gasteiger partial charge in [-0.25, -0.2) is 8.78 Å². The fourth-order valence-electron chi connectivity index (χ4n) is 1.62. The van der Waals surface area contributed by atoms with Gasteiger partial charge in [0.25, 0.3) is 0 Å². The first-order chi connectivity index (χ1) is 8.42. The molecule has 1 saturated heterocycles. The molecule has 0 aliphatic carbocycles. The minimum absolute atomic E-state index is 0.0629. The summed E-state index contributed by atoms with van der Waals surface area (Å²) in [4.78, 5) is 11.9. The molecule has 1 aliphatic heterocycles. The number of anilines is 1. The van der Waals surface area contributed by atoms with Gasteiger partial charge in [-0.05, 0) is 28.4 Å². The molecule has 1 amide bonds. The molecular weight excluding hydrogens is 310 g/mol. The Morgan fingerprint density at radius 2 is 2.17 bits per heavy atom. The number of benzene rings is 1. The van der Waals surface area contributed by atoms with Crippen molar-refractivity contribution >= 4 is 27.5 Å². The van der Waals surface area contributed by atoms with E-state index in [4.69, 9.17) is 10.5 Å². The van der Waals surface area contributed by atoms with Crippen LogP contribution in [0.3, 0.4) is 0 Å². The molecule has 1 fully saturated rings. The molecule has 0 bridgehead atoms. The SMILES string of the molecule is NC1(C(=O)Nc2cc(Br)c(F)cc2F)CCOC1. The lowest BCUT2D eigenvalue weighted by Crippen LogP contribution is -2.51. The topological polar surface area (TPSA) is 64.4 Å². The monoisotopic (exact) mass is 320 g/mol. The molecule has 0 aromatic heterocycles. The van der Waals surface area contributed by atoms with E-state index >= 15 is 0 Å². The molecule has 7 heteroatoms. The number of hydrogen-bond acceptors (Lipinski definition) is 3. The summed E-state index contributed by atoms with van der Waals surface area (Å²) in [5, 5.41) is 2.35. The summed E-state index contributed by atoms with van der Waals surface area (Å²) in [6, 6.07) is 1.84. The van der Waals surface area contributed by atoms with Crippen molar-refractivity contribution in [2.45, 2.75) is 12.0 Å². The van der Waals surface area contributed by atoms with Gasteiger partial charge < -0.3 is 15.8 Å². The molecule has 1 aromatic rings. The Kier molecular flexibility index (Phi) is 3.65. The van der Waals surface area contributed by atoms with Crippen molar-refractivity contribution in [2.75, 3.05) is 18.5 Å². The van der Waals surface area contributed by atoms with Crippen LogP contribution in [0.1, 0.15) is 6.42 Å². The van der Waals surface area contributed by atoms with E-state index in [0.29, 0.717) is 19.1 Å². The van der Waals surface area contributed by atoms with Crippen LogP contribution in [0.15, 0.2) is 16.6 Å². The van der Waals surface area contributed by atoms with E-state index in [-0.39, 0.29) is 16.8 Å². The van der Waals surface area contributed by atoms with E-state index in [1.165, 1.54) is 0 Å². The van der Waals surface area contributed by atoms with E-state index in [1.807, 2.05) is 0 Å². The average molecular weight is 321 g/mol. The van der Waals surface area contributed by atoms with E-state index in [2.05, 4.69) is 21.2 Å². The number of halogens is 3. The minimum atomic E-state index is -1.16. The molecule has 3 N–H and O–H groups in total. The first-order valence-corrected chi connectivity index (χ1v) is 6.04. The van der Waals surface area contributed by atoms with Gasteiger partial charge in [0.15, 0.2) is 0 Å². The lowest BCUT2D eigenvalue weighted by atomic mass is 9.99. The van der Waals surface area contributed by atoms with Gasteiger partial charge in [-0.1, -0.05) is 0 Å². The molecule has 0 spiro atoms. The van der Waals surface area contributed by atoms with Crippen LogP contribution in [-0.2, 0) is 9.53 Å². The lowest BCUT2D eigenvalue weighted by Gasteiger charge is -2.20. The van der Waals surface area contributed by atoms with Crippen molar-refractivity contribution in [3.8, 4) is 0 Å². The van der Waals surface area contributed by atoms with Gasteiger partial charge in [0, 0.05) is 12.7 Å². The standard InChI is InChI=1S/C11H11BrF2N2O2/c12-6-3-9(8(14)4-7(6)13)16-10(17)11(15)1-2-18-5-11/h3-4H,1-2,5,15H2,(H,16,17). The second-order valence-corrected chi connectivity index (χ2v) is 5.01. The zero-order chi connectivity index (χ0) is 13.3. The van der Waals surface area contributed by atoms with E-state index in [0.717, 1.165) is 6.07 Å². The fourth-order valence-corrected chi connectivity index (χ4v) is 1.97. The highest BCUT2D eigenvalue weighted by Gasteiger charge is 2.38. The maximum Gasteiger partial charge on any atom is 0.247 e. The molecule has 4 nitrogen and oxygen atoms in total. The number of rotatable bonds is 2. The van der Waals surface area contributed by atoms with Crippen LogP contribution in [0.25, 0.3) is 0 Å². The van der Waals surface area contributed by atoms with Crippen molar-refractivity contribution in [2.24, 2.45) is 5.73 Å². The number of ether oxygens (including phenoxy) is 1. The number of hydrogen-bond donors (Lipinski definition) is 2. The summed E-state index contributed by atoms with van der Waals surface area (Å²) in [6.45, 7) is 0.475. The third-order valence-corrected chi connectivity index (χ3v) is 3.37. The number of amides is 1. The zero-order valence-electron chi connectivity index (χ0n) is 9.30. The number of carbonyl (C=O) groups excluding carboxylic acids is 1. The Bertz CT molecular complexity index is 490. The zero-order valence-corrected chi connectivity index (χ0v) is 10.9. The molecule has 1 aliphatic rings. The Morgan fingerprint density at radius 3 is 2.78 bits per heavy atom. The quantitative estimate of drug-likeness (QED) is 0.816. The van der Waals surface area contributed by atoms with Gasteiger partial charge in [0.2, 0.25) is 5.91 Å². The number of carbonyl (C=O) groups is 1. The number of nitrogens with one attached hydrogen (secondary N) is 1. The predicted molar refractivity (Wildman–Crippen MR) is 65.0 cm³/mol. The van der Waals surface area contributed by atoms with Crippen molar-refractivity contribution in [3.05, 3.63) is 28.2 Å². The van der Waals surface area contributed by atoms with Gasteiger partial charge in [-0.15, -0.1) is 0 Å². The summed E-state index contributed by atoms with van der Waals surface area (Å²) in [7, 11) is 0. The molecular formula is C11H11BrF2N2O2. The van der Waals surface area contributed by atoms with Crippen molar-refractivity contribution in [3.63, 3.8) is 0 Å². The van der Waals surface area contributed by atoms with Crippen LogP contribution < -0.4 is 11.1 Å². The van der Waals surface area contributed by atoms with Crippen molar-refractivity contribution in [1.29, 1.82) is 0 Å². The van der Waals surface area contributed by atoms with E-state index in [9.17, 15) is 13.6 Å². The largest absolute Gasteiger partial charge is 0.379 e. The molecule has 0 saturated carbocycles.